The zero-order valence-electron chi connectivity index (χ0n) is 15.0. The van der Waals surface area contributed by atoms with Gasteiger partial charge in [0.25, 0.3) is 5.91 Å². The molecule has 1 saturated heterocycles. The minimum Gasteiger partial charge on any atom is -0.457 e. The third kappa shape index (κ3) is 3.65. The topological polar surface area (TPSA) is 33.5 Å². The molecule has 2 aromatic carbocycles. The number of hydrogen-bond acceptors (Lipinski definition) is 4. The van der Waals surface area contributed by atoms with Crippen molar-refractivity contribution < 1.29 is 9.21 Å². The standard InChI is InChI=1S/C22H16ClNO2S2/c1-2-14-7-9-15(10-8-14)24-21(25)20(28-22(24)27)13-16-11-12-19(26-16)17-5-3-4-6-18(17)23/h3-13H,2H2,1H3/b20-13+. The van der Waals surface area contributed by atoms with Crippen LogP contribution in [0.1, 0.15) is 18.2 Å². The van der Waals surface area contributed by atoms with Gasteiger partial charge >= 0.3 is 0 Å². The summed E-state index contributed by atoms with van der Waals surface area (Å²) in [4.78, 5) is 15.0. The second kappa shape index (κ2) is 7.95. The van der Waals surface area contributed by atoms with Gasteiger partial charge in [0.05, 0.1) is 15.6 Å². The molecule has 4 rings (SSSR count). The molecule has 0 atom stereocenters. The summed E-state index contributed by atoms with van der Waals surface area (Å²) in [5.41, 5.74) is 2.80. The van der Waals surface area contributed by atoms with Gasteiger partial charge in [-0.3, -0.25) is 9.69 Å². The van der Waals surface area contributed by atoms with E-state index in [2.05, 4.69) is 6.92 Å². The first kappa shape index (κ1) is 19.0. The molecule has 3 aromatic rings. The number of carbonyl (C=O) groups excluding carboxylic acids is 1. The smallest absolute Gasteiger partial charge is 0.270 e. The van der Waals surface area contributed by atoms with Gasteiger partial charge in [-0.1, -0.05) is 66.8 Å². The van der Waals surface area contributed by atoms with E-state index in [1.165, 1.54) is 17.3 Å². The van der Waals surface area contributed by atoms with Crippen LogP contribution in [0.15, 0.2) is 70.0 Å². The van der Waals surface area contributed by atoms with Crippen molar-refractivity contribution in [2.45, 2.75) is 13.3 Å². The predicted molar refractivity (Wildman–Crippen MR) is 121 cm³/mol. The Bertz CT molecular complexity index is 1090. The first-order chi connectivity index (χ1) is 13.6. The number of thiocarbonyl (C=S) groups is 1. The Hall–Kier alpha value is -2.34. The number of nitrogens with zero attached hydrogens (tertiary/aromatic N) is 1. The average Bonchev–Trinajstić information content (AvgIpc) is 3.27. The number of amides is 1. The van der Waals surface area contributed by atoms with Crippen molar-refractivity contribution in [3.63, 3.8) is 0 Å². The molecular weight excluding hydrogens is 410 g/mol. The molecule has 1 aromatic heterocycles. The number of halogens is 1. The van der Waals surface area contributed by atoms with Gasteiger partial charge < -0.3 is 4.42 Å². The molecule has 0 radical (unpaired) electrons. The molecule has 3 nitrogen and oxygen atoms in total. The molecule has 1 aliphatic heterocycles. The van der Waals surface area contributed by atoms with Crippen LogP contribution in [0.25, 0.3) is 17.4 Å². The highest BCUT2D eigenvalue weighted by molar-refractivity contribution is 8.27. The first-order valence-corrected chi connectivity index (χ1v) is 10.4. The third-order valence-corrected chi connectivity index (χ3v) is 6.07. The summed E-state index contributed by atoms with van der Waals surface area (Å²) in [6.45, 7) is 2.09. The number of furan rings is 1. The highest BCUT2D eigenvalue weighted by Gasteiger charge is 2.33. The highest BCUT2D eigenvalue weighted by atomic mass is 35.5. The number of thioether (sulfide) groups is 1. The maximum atomic E-state index is 12.9. The van der Waals surface area contributed by atoms with Crippen molar-refractivity contribution in [3.8, 4) is 11.3 Å². The van der Waals surface area contributed by atoms with Crippen LogP contribution < -0.4 is 4.90 Å². The Kier molecular flexibility index (Phi) is 5.40. The SMILES string of the molecule is CCc1ccc(N2C(=O)/C(=C\c3ccc(-c4ccccc4Cl)o3)SC2=S)cc1. The van der Waals surface area contributed by atoms with Crippen LogP contribution in [0.5, 0.6) is 0 Å². The number of aryl methyl sites for hydroxylation is 1. The lowest BCUT2D eigenvalue weighted by atomic mass is 10.1. The fourth-order valence-electron chi connectivity index (χ4n) is 2.94. The number of anilines is 1. The Labute approximate surface area is 178 Å². The second-order valence-electron chi connectivity index (χ2n) is 6.22. The van der Waals surface area contributed by atoms with E-state index in [0.717, 1.165) is 17.7 Å². The summed E-state index contributed by atoms with van der Waals surface area (Å²) in [5.74, 6) is 1.09. The molecule has 1 fully saturated rings. The largest absolute Gasteiger partial charge is 0.457 e. The van der Waals surface area contributed by atoms with Crippen LogP contribution in [-0.4, -0.2) is 10.2 Å². The van der Waals surface area contributed by atoms with Crippen molar-refractivity contribution in [2.24, 2.45) is 0 Å². The zero-order chi connectivity index (χ0) is 19.7. The Morgan fingerprint density at radius 3 is 2.57 bits per heavy atom. The molecule has 1 amide bonds. The molecule has 0 saturated carbocycles. The number of carbonyl (C=O) groups is 1. The van der Waals surface area contributed by atoms with Gasteiger partial charge in [0.1, 0.15) is 11.5 Å². The number of rotatable bonds is 4. The fourth-order valence-corrected chi connectivity index (χ4v) is 4.44. The van der Waals surface area contributed by atoms with Crippen LogP contribution in [0.2, 0.25) is 5.02 Å². The average molecular weight is 426 g/mol. The van der Waals surface area contributed by atoms with E-state index in [0.29, 0.717) is 25.8 Å². The van der Waals surface area contributed by atoms with E-state index in [-0.39, 0.29) is 5.91 Å². The molecule has 0 N–H and O–H groups in total. The number of hydrogen-bond donors (Lipinski definition) is 0. The molecule has 1 aliphatic rings. The molecule has 28 heavy (non-hydrogen) atoms. The van der Waals surface area contributed by atoms with Gasteiger partial charge in [-0.2, -0.15) is 0 Å². The maximum Gasteiger partial charge on any atom is 0.270 e. The van der Waals surface area contributed by atoms with Crippen LogP contribution in [0.4, 0.5) is 5.69 Å². The predicted octanol–water partition coefficient (Wildman–Crippen LogP) is 6.57. The van der Waals surface area contributed by atoms with Crippen molar-refractivity contribution in [2.75, 3.05) is 4.90 Å². The summed E-state index contributed by atoms with van der Waals surface area (Å²) >= 11 is 12.9. The van der Waals surface area contributed by atoms with Crippen molar-refractivity contribution >= 4 is 57.6 Å². The molecule has 140 valence electrons. The number of benzene rings is 2. The summed E-state index contributed by atoms with van der Waals surface area (Å²) in [6, 6.07) is 19.0. The quantitative estimate of drug-likeness (QED) is 0.349. The van der Waals surface area contributed by atoms with Crippen LogP contribution in [0, 0.1) is 0 Å². The monoisotopic (exact) mass is 425 g/mol. The van der Waals surface area contributed by atoms with E-state index in [9.17, 15) is 4.79 Å². The minimum absolute atomic E-state index is 0.144. The lowest BCUT2D eigenvalue weighted by Gasteiger charge is -2.14. The van der Waals surface area contributed by atoms with Gasteiger partial charge in [0.2, 0.25) is 0 Å². The van der Waals surface area contributed by atoms with Crippen LogP contribution in [-0.2, 0) is 11.2 Å². The Balaban J connectivity index is 1.60. The van der Waals surface area contributed by atoms with Crippen molar-refractivity contribution in [1.29, 1.82) is 0 Å². The summed E-state index contributed by atoms with van der Waals surface area (Å²) < 4.78 is 6.39. The third-order valence-electron chi connectivity index (χ3n) is 4.44. The van der Waals surface area contributed by atoms with Gasteiger partial charge in [0.15, 0.2) is 4.32 Å². The van der Waals surface area contributed by atoms with Crippen LogP contribution in [0.3, 0.4) is 0 Å². The minimum atomic E-state index is -0.144. The maximum absolute atomic E-state index is 12.9. The summed E-state index contributed by atoms with van der Waals surface area (Å²) in [6.07, 6.45) is 2.67. The lowest BCUT2D eigenvalue weighted by Crippen LogP contribution is -2.27. The van der Waals surface area contributed by atoms with E-state index in [4.69, 9.17) is 28.2 Å². The normalized spacial score (nSPS) is 15.6. The molecule has 2 heterocycles. The van der Waals surface area contributed by atoms with Gasteiger partial charge in [-0.15, -0.1) is 0 Å². The molecular formula is C22H16ClNO2S2. The summed E-state index contributed by atoms with van der Waals surface area (Å²) in [5, 5.41) is 0.616. The Morgan fingerprint density at radius 1 is 1.11 bits per heavy atom. The van der Waals surface area contributed by atoms with Gasteiger partial charge in [-0.05, 0) is 48.4 Å². The van der Waals surface area contributed by atoms with Gasteiger partial charge in [0, 0.05) is 11.6 Å². The Morgan fingerprint density at radius 2 is 1.86 bits per heavy atom. The van der Waals surface area contributed by atoms with Crippen LogP contribution >= 0.6 is 35.6 Å². The second-order valence-corrected chi connectivity index (χ2v) is 8.30. The molecule has 0 unspecified atom stereocenters. The molecule has 0 aliphatic carbocycles. The summed E-state index contributed by atoms with van der Waals surface area (Å²) in [7, 11) is 0. The lowest BCUT2D eigenvalue weighted by molar-refractivity contribution is -0.113. The van der Waals surface area contributed by atoms with E-state index in [1.807, 2.05) is 60.7 Å². The fraction of sp³-hybridized carbons (Fsp3) is 0.0909. The molecule has 0 bridgehead atoms. The van der Waals surface area contributed by atoms with E-state index < -0.39 is 0 Å². The van der Waals surface area contributed by atoms with Crippen molar-refractivity contribution in [3.05, 3.63) is 81.9 Å². The first-order valence-electron chi connectivity index (χ1n) is 8.78. The van der Waals surface area contributed by atoms with E-state index in [1.54, 1.807) is 11.0 Å². The zero-order valence-corrected chi connectivity index (χ0v) is 17.4. The molecule has 0 spiro atoms. The van der Waals surface area contributed by atoms with Crippen molar-refractivity contribution in [1.82, 2.24) is 0 Å². The van der Waals surface area contributed by atoms with E-state index >= 15 is 0 Å². The molecule has 6 heteroatoms. The highest BCUT2D eigenvalue weighted by Crippen LogP contribution is 2.37. The van der Waals surface area contributed by atoms with Gasteiger partial charge in [-0.25, -0.2) is 0 Å².